The highest BCUT2D eigenvalue weighted by molar-refractivity contribution is 5.92. The van der Waals surface area contributed by atoms with Crippen LogP contribution in [0.1, 0.15) is 29.8 Å². The Hall–Kier alpha value is -2.34. The SMILES string of the molecule is Cn1cncc1C(=O)N1CCCN(CCCCOc2ccccc2)CC1. The molecule has 1 amide bonds. The quantitative estimate of drug-likeness (QED) is 0.715. The largest absolute Gasteiger partial charge is 0.494 e. The minimum absolute atomic E-state index is 0.0862. The van der Waals surface area contributed by atoms with Crippen LogP contribution in [0.3, 0.4) is 0 Å². The number of aromatic nitrogens is 2. The average molecular weight is 356 g/mol. The van der Waals surface area contributed by atoms with Crippen LogP contribution in [0, 0.1) is 0 Å². The number of ether oxygens (including phenoxy) is 1. The number of carbonyl (C=O) groups is 1. The van der Waals surface area contributed by atoms with Crippen molar-refractivity contribution in [3.63, 3.8) is 0 Å². The van der Waals surface area contributed by atoms with Crippen LogP contribution in [-0.2, 0) is 7.05 Å². The number of benzene rings is 1. The van der Waals surface area contributed by atoms with Gasteiger partial charge < -0.3 is 19.1 Å². The van der Waals surface area contributed by atoms with Crippen molar-refractivity contribution in [1.82, 2.24) is 19.4 Å². The zero-order chi connectivity index (χ0) is 18.2. The molecule has 0 spiro atoms. The summed E-state index contributed by atoms with van der Waals surface area (Å²) in [4.78, 5) is 21.1. The third-order valence-corrected chi connectivity index (χ3v) is 4.79. The smallest absolute Gasteiger partial charge is 0.272 e. The number of aryl methyl sites for hydroxylation is 1. The number of para-hydroxylation sites is 1. The molecule has 2 aromatic rings. The molecule has 0 unspecified atom stereocenters. The van der Waals surface area contributed by atoms with E-state index in [1.165, 1.54) is 0 Å². The van der Waals surface area contributed by atoms with Gasteiger partial charge in [0.1, 0.15) is 11.4 Å². The molecule has 1 saturated heterocycles. The molecule has 0 saturated carbocycles. The standard InChI is InChI=1S/C20H28N4O2/c1-22-17-21-16-19(22)20(25)24-12-7-11-23(13-14-24)10-5-6-15-26-18-8-3-2-4-9-18/h2-4,8-9,16-17H,5-7,10-15H2,1H3. The van der Waals surface area contributed by atoms with Gasteiger partial charge in [0.25, 0.3) is 5.91 Å². The normalized spacial score (nSPS) is 15.7. The summed E-state index contributed by atoms with van der Waals surface area (Å²) in [7, 11) is 1.86. The Morgan fingerprint density at radius 2 is 1.96 bits per heavy atom. The van der Waals surface area contributed by atoms with Gasteiger partial charge in [0.2, 0.25) is 0 Å². The fraction of sp³-hybridized carbons (Fsp3) is 0.500. The van der Waals surface area contributed by atoms with E-state index in [1.54, 1.807) is 17.1 Å². The van der Waals surface area contributed by atoms with Crippen LogP contribution in [0.4, 0.5) is 0 Å². The Labute approximate surface area is 155 Å². The summed E-state index contributed by atoms with van der Waals surface area (Å²) in [6.45, 7) is 5.40. The van der Waals surface area contributed by atoms with Gasteiger partial charge in [0, 0.05) is 26.7 Å². The molecule has 0 N–H and O–H groups in total. The number of unbranched alkanes of at least 4 members (excludes halogenated alkanes) is 1. The predicted octanol–water partition coefficient (Wildman–Crippen LogP) is 2.43. The minimum atomic E-state index is 0.0862. The third-order valence-electron chi connectivity index (χ3n) is 4.79. The minimum Gasteiger partial charge on any atom is -0.494 e. The fourth-order valence-corrected chi connectivity index (χ4v) is 3.27. The summed E-state index contributed by atoms with van der Waals surface area (Å²) in [6, 6.07) is 9.95. The lowest BCUT2D eigenvalue weighted by Gasteiger charge is -2.22. The molecule has 6 heteroatoms. The van der Waals surface area contributed by atoms with Gasteiger partial charge >= 0.3 is 0 Å². The summed E-state index contributed by atoms with van der Waals surface area (Å²) < 4.78 is 7.53. The van der Waals surface area contributed by atoms with Crippen LogP contribution in [0.2, 0.25) is 0 Å². The molecule has 0 radical (unpaired) electrons. The first kappa shape index (κ1) is 18.5. The maximum Gasteiger partial charge on any atom is 0.272 e. The van der Waals surface area contributed by atoms with Gasteiger partial charge in [-0.15, -0.1) is 0 Å². The van der Waals surface area contributed by atoms with E-state index in [0.29, 0.717) is 5.69 Å². The molecular formula is C20H28N4O2. The number of amides is 1. The Balaban J connectivity index is 1.36. The lowest BCUT2D eigenvalue weighted by Crippen LogP contribution is -2.36. The molecule has 1 aliphatic heterocycles. The molecule has 0 atom stereocenters. The van der Waals surface area contributed by atoms with Gasteiger partial charge in [0.05, 0.1) is 19.1 Å². The summed E-state index contributed by atoms with van der Waals surface area (Å²) in [6.07, 6.45) is 6.50. The van der Waals surface area contributed by atoms with Crippen LogP contribution in [0.15, 0.2) is 42.9 Å². The second-order valence-corrected chi connectivity index (χ2v) is 6.75. The molecule has 0 aliphatic carbocycles. The Morgan fingerprint density at radius 1 is 1.12 bits per heavy atom. The van der Waals surface area contributed by atoms with Crippen molar-refractivity contribution in [3.05, 3.63) is 48.5 Å². The summed E-state index contributed by atoms with van der Waals surface area (Å²) in [5.74, 6) is 1.02. The van der Waals surface area contributed by atoms with Gasteiger partial charge in [-0.2, -0.15) is 0 Å². The molecule has 0 bridgehead atoms. The third kappa shape index (κ3) is 5.08. The van der Waals surface area contributed by atoms with Crippen molar-refractivity contribution < 1.29 is 9.53 Å². The highest BCUT2D eigenvalue weighted by Gasteiger charge is 2.21. The molecule has 1 aromatic carbocycles. The number of hydrogen-bond donors (Lipinski definition) is 0. The number of nitrogens with zero attached hydrogens (tertiary/aromatic N) is 4. The Bertz CT molecular complexity index is 686. The summed E-state index contributed by atoms with van der Waals surface area (Å²) in [5.41, 5.74) is 0.663. The first-order chi connectivity index (χ1) is 12.7. The lowest BCUT2D eigenvalue weighted by atomic mass is 10.3. The van der Waals surface area contributed by atoms with Gasteiger partial charge in [-0.3, -0.25) is 4.79 Å². The Morgan fingerprint density at radius 3 is 2.73 bits per heavy atom. The van der Waals surface area contributed by atoms with Gasteiger partial charge in [-0.25, -0.2) is 4.98 Å². The van der Waals surface area contributed by atoms with Crippen molar-refractivity contribution in [1.29, 1.82) is 0 Å². The van der Waals surface area contributed by atoms with Crippen molar-refractivity contribution in [3.8, 4) is 5.75 Å². The monoisotopic (exact) mass is 356 g/mol. The first-order valence-electron chi connectivity index (χ1n) is 9.40. The number of rotatable bonds is 7. The van der Waals surface area contributed by atoms with Gasteiger partial charge in [-0.1, -0.05) is 18.2 Å². The molecule has 140 valence electrons. The summed E-state index contributed by atoms with van der Waals surface area (Å²) in [5, 5.41) is 0. The van der Waals surface area contributed by atoms with E-state index < -0.39 is 0 Å². The van der Waals surface area contributed by atoms with Crippen LogP contribution in [0.25, 0.3) is 0 Å². The van der Waals surface area contributed by atoms with Crippen LogP contribution in [-0.4, -0.2) is 64.6 Å². The second-order valence-electron chi connectivity index (χ2n) is 6.75. The molecule has 1 fully saturated rings. The van der Waals surface area contributed by atoms with Crippen molar-refractivity contribution in [2.75, 3.05) is 39.3 Å². The number of hydrogen-bond acceptors (Lipinski definition) is 4. The lowest BCUT2D eigenvalue weighted by molar-refractivity contribution is 0.0751. The second kappa shape index (κ2) is 9.38. The van der Waals surface area contributed by atoms with E-state index in [4.69, 9.17) is 4.74 Å². The van der Waals surface area contributed by atoms with E-state index in [1.807, 2.05) is 42.3 Å². The zero-order valence-corrected chi connectivity index (χ0v) is 15.5. The van der Waals surface area contributed by atoms with E-state index >= 15 is 0 Å². The number of carbonyl (C=O) groups excluding carboxylic acids is 1. The van der Waals surface area contributed by atoms with E-state index in [2.05, 4.69) is 9.88 Å². The van der Waals surface area contributed by atoms with Gasteiger partial charge in [0.15, 0.2) is 0 Å². The van der Waals surface area contributed by atoms with Crippen LogP contribution < -0.4 is 4.74 Å². The van der Waals surface area contributed by atoms with Crippen LogP contribution in [0.5, 0.6) is 5.75 Å². The molecule has 2 heterocycles. The molecular weight excluding hydrogens is 328 g/mol. The first-order valence-corrected chi connectivity index (χ1v) is 9.40. The molecule has 1 aromatic heterocycles. The topological polar surface area (TPSA) is 50.6 Å². The molecule has 1 aliphatic rings. The maximum absolute atomic E-state index is 12.6. The maximum atomic E-state index is 12.6. The highest BCUT2D eigenvalue weighted by Crippen LogP contribution is 2.11. The fourth-order valence-electron chi connectivity index (χ4n) is 3.27. The van der Waals surface area contributed by atoms with Crippen molar-refractivity contribution >= 4 is 5.91 Å². The molecule has 6 nitrogen and oxygen atoms in total. The predicted molar refractivity (Wildman–Crippen MR) is 101 cm³/mol. The molecule has 3 rings (SSSR count). The summed E-state index contributed by atoms with van der Waals surface area (Å²) >= 11 is 0. The molecule has 26 heavy (non-hydrogen) atoms. The van der Waals surface area contributed by atoms with E-state index in [0.717, 1.165) is 64.3 Å². The average Bonchev–Trinajstić information content (AvgIpc) is 2.95. The van der Waals surface area contributed by atoms with E-state index in [9.17, 15) is 4.79 Å². The van der Waals surface area contributed by atoms with Crippen molar-refractivity contribution in [2.24, 2.45) is 7.05 Å². The zero-order valence-electron chi connectivity index (χ0n) is 15.5. The number of imidazole rings is 1. The Kier molecular flexibility index (Phi) is 6.66. The highest BCUT2D eigenvalue weighted by atomic mass is 16.5. The van der Waals surface area contributed by atoms with Gasteiger partial charge in [-0.05, 0) is 44.5 Å². The van der Waals surface area contributed by atoms with E-state index in [-0.39, 0.29) is 5.91 Å². The van der Waals surface area contributed by atoms with Crippen LogP contribution >= 0.6 is 0 Å². The van der Waals surface area contributed by atoms with Crippen molar-refractivity contribution in [2.45, 2.75) is 19.3 Å².